The summed E-state index contributed by atoms with van der Waals surface area (Å²) in [5.74, 6) is -0.490. The van der Waals surface area contributed by atoms with Gasteiger partial charge in [-0.2, -0.15) is 0 Å². The topological polar surface area (TPSA) is 99.8 Å². The maximum absolute atomic E-state index is 12.4. The standard InChI is InChI=1S/C18H28N4O4/c1-13(2)20-18(25)21-15-8-6-14(7-9-15)17(24)22(3)12-16(23)19-10-5-11-26-4/h6-9,13H,5,10-12H2,1-4H3,(H,19,23)(H2,20,21,25). The molecule has 1 aromatic carbocycles. The number of likely N-dealkylation sites (N-methyl/N-ethyl adjacent to an activating group) is 1. The average molecular weight is 364 g/mol. The van der Waals surface area contributed by atoms with Crippen LogP contribution in [0.2, 0.25) is 0 Å². The molecule has 0 saturated carbocycles. The van der Waals surface area contributed by atoms with Crippen LogP contribution in [-0.2, 0) is 9.53 Å². The lowest BCUT2D eigenvalue weighted by atomic mass is 10.2. The number of anilines is 1. The van der Waals surface area contributed by atoms with E-state index in [1.807, 2.05) is 13.8 Å². The van der Waals surface area contributed by atoms with E-state index in [1.54, 1.807) is 38.4 Å². The highest BCUT2D eigenvalue weighted by atomic mass is 16.5. The summed E-state index contributed by atoms with van der Waals surface area (Å²) in [7, 11) is 3.17. The third-order valence-corrected chi connectivity index (χ3v) is 3.38. The Morgan fingerprint density at radius 1 is 1.15 bits per heavy atom. The maximum Gasteiger partial charge on any atom is 0.319 e. The first-order valence-electron chi connectivity index (χ1n) is 8.52. The van der Waals surface area contributed by atoms with Gasteiger partial charge in [-0.1, -0.05) is 0 Å². The lowest BCUT2D eigenvalue weighted by Crippen LogP contribution is -2.38. The number of amides is 4. The Kier molecular flexibility index (Phi) is 9.14. The zero-order valence-corrected chi connectivity index (χ0v) is 15.8. The lowest BCUT2D eigenvalue weighted by Gasteiger charge is -2.17. The minimum Gasteiger partial charge on any atom is -0.385 e. The van der Waals surface area contributed by atoms with Crippen LogP contribution in [0.3, 0.4) is 0 Å². The fraction of sp³-hybridized carbons (Fsp3) is 0.500. The van der Waals surface area contributed by atoms with Crippen molar-refractivity contribution < 1.29 is 19.1 Å². The molecule has 0 unspecified atom stereocenters. The van der Waals surface area contributed by atoms with E-state index < -0.39 is 0 Å². The summed E-state index contributed by atoms with van der Waals surface area (Å²) in [6.45, 7) is 4.79. The van der Waals surface area contributed by atoms with Crippen LogP contribution in [-0.4, -0.2) is 62.6 Å². The molecule has 0 saturated heterocycles. The van der Waals surface area contributed by atoms with E-state index in [9.17, 15) is 14.4 Å². The number of nitrogens with zero attached hydrogens (tertiary/aromatic N) is 1. The van der Waals surface area contributed by atoms with Crippen LogP contribution in [0.1, 0.15) is 30.6 Å². The molecule has 0 aliphatic heterocycles. The summed E-state index contributed by atoms with van der Waals surface area (Å²) >= 11 is 0. The molecule has 8 heteroatoms. The summed E-state index contributed by atoms with van der Waals surface area (Å²) < 4.78 is 4.91. The van der Waals surface area contributed by atoms with E-state index >= 15 is 0 Å². The first kappa shape index (κ1) is 21.4. The molecule has 0 spiro atoms. The molecule has 0 bridgehead atoms. The van der Waals surface area contributed by atoms with Crippen LogP contribution in [0.4, 0.5) is 10.5 Å². The second-order valence-corrected chi connectivity index (χ2v) is 6.19. The quantitative estimate of drug-likeness (QED) is 0.577. The van der Waals surface area contributed by atoms with Crippen LogP contribution in [0.25, 0.3) is 0 Å². The number of urea groups is 1. The minimum absolute atomic E-state index is 0.0252. The molecule has 0 heterocycles. The molecule has 8 nitrogen and oxygen atoms in total. The Labute approximate surface area is 154 Å². The number of rotatable bonds is 9. The summed E-state index contributed by atoms with van der Waals surface area (Å²) in [6, 6.07) is 6.24. The molecule has 1 aromatic rings. The molecule has 0 radical (unpaired) electrons. The molecule has 4 amide bonds. The molecule has 144 valence electrons. The van der Waals surface area contributed by atoms with E-state index in [0.29, 0.717) is 24.4 Å². The minimum atomic E-state index is -0.304. The monoisotopic (exact) mass is 364 g/mol. The maximum atomic E-state index is 12.4. The van der Waals surface area contributed by atoms with Gasteiger partial charge in [-0.25, -0.2) is 4.79 Å². The van der Waals surface area contributed by atoms with Gasteiger partial charge in [0.05, 0.1) is 6.54 Å². The van der Waals surface area contributed by atoms with Crippen molar-refractivity contribution >= 4 is 23.5 Å². The second kappa shape index (κ2) is 11.1. The molecule has 0 atom stereocenters. The Hall–Kier alpha value is -2.61. The number of hydrogen-bond donors (Lipinski definition) is 3. The first-order chi connectivity index (χ1) is 12.3. The number of nitrogens with one attached hydrogen (secondary N) is 3. The van der Waals surface area contributed by atoms with Crippen LogP contribution in [0, 0.1) is 0 Å². The van der Waals surface area contributed by atoms with Gasteiger partial charge in [0.25, 0.3) is 5.91 Å². The highest BCUT2D eigenvalue weighted by Crippen LogP contribution is 2.11. The Morgan fingerprint density at radius 3 is 2.38 bits per heavy atom. The van der Waals surface area contributed by atoms with Gasteiger partial charge < -0.3 is 25.6 Å². The van der Waals surface area contributed by atoms with Crippen molar-refractivity contribution in [1.82, 2.24) is 15.5 Å². The summed E-state index contributed by atoms with van der Waals surface area (Å²) in [4.78, 5) is 37.2. The Morgan fingerprint density at radius 2 is 1.81 bits per heavy atom. The SMILES string of the molecule is COCCCNC(=O)CN(C)C(=O)c1ccc(NC(=O)NC(C)C)cc1. The van der Waals surface area contributed by atoms with Crippen molar-refractivity contribution in [2.45, 2.75) is 26.3 Å². The number of carbonyl (C=O) groups excluding carboxylic acids is 3. The molecule has 26 heavy (non-hydrogen) atoms. The van der Waals surface area contributed by atoms with Crippen molar-refractivity contribution in [3.8, 4) is 0 Å². The van der Waals surface area contributed by atoms with E-state index in [-0.39, 0.29) is 30.4 Å². The second-order valence-electron chi connectivity index (χ2n) is 6.19. The number of benzene rings is 1. The molecule has 0 aliphatic carbocycles. The lowest BCUT2D eigenvalue weighted by molar-refractivity contribution is -0.121. The highest BCUT2D eigenvalue weighted by molar-refractivity contribution is 5.97. The predicted molar refractivity (Wildman–Crippen MR) is 100 cm³/mol. The zero-order chi connectivity index (χ0) is 19.5. The third kappa shape index (κ3) is 7.98. The van der Waals surface area contributed by atoms with Crippen LogP contribution in [0.5, 0.6) is 0 Å². The van der Waals surface area contributed by atoms with Gasteiger partial charge in [-0.05, 0) is 44.5 Å². The van der Waals surface area contributed by atoms with Crippen LogP contribution >= 0.6 is 0 Å². The third-order valence-electron chi connectivity index (χ3n) is 3.38. The van der Waals surface area contributed by atoms with E-state index in [2.05, 4.69) is 16.0 Å². The van der Waals surface area contributed by atoms with Gasteiger partial charge >= 0.3 is 6.03 Å². The fourth-order valence-corrected chi connectivity index (χ4v) is 2.13. The molecule has 0 fully saturated rings. The zero-order valence-electron chi connectivity index (χ0n) is 15.8. The number of hydrogen-bond acceptors (Lipinski definition) is 4. The Balaban J connectivity index is 2.50. The van der Waals surface area contributed by atoms with Crippen molar-refractivity contribution in [3.63, 3.8) is 0 Å². The van der Waals surface area contributed by atoms with Gasteiger partial charge in [0.2, 0.25) is 5.91 Å². The van der Waals surface area contributed by atoms with Crippen LogP contribution < -0.4 is 16.0 Å². The van der Waals surface area contributed by atoms with Crippen molar-refractivity contribution in [2.24, 2.45) is 0 Å². The normalized spacial score (nSPS) is 10.3. The molecule has 0 aromatic heterocycles. The van der Waals surface area contributed by atoms with E-state index in [1.165, 1.54) is 4.90 Å². The largest absolute Gasteiger partial charge is 0.385 e. The molecule has 1 rings (SSSR count). The van der Waals surface area contributed by atoms with Crippen molar-refractivity contribution in [3.05, 3.63) is 29.8 Å². The summed E-state index contributed by atoms with van der Waals surface area (Å²) in [5, 5.41) is 8.13. The van der Waals surface area contributed by atoms with Crippen molar-refractivity contribution in [1.29, 1.82) is 0 Å². The Bertz CT molecular complexity index is 602. The summed E-state index contributed by atoms with van der Waals surface area (Å²) in [6.07, 6.45) is 0.721. The van der Waals surface area contributed by atoms with Crippen molar-refractivity contribution in [2.75, 3.05) is 39.2 Å². The molecular formula is C18H28N4O4. The molecule has 3 N–H and O–H groups in total. The van der Waals surface area contributed by atoms with E-state index in [0.717, 1.165) is 6.42 Å². The molecular weight excluding hydrogens is 336 g/mol. The van der Waals surface area contributed by atoms with E-state index in [4.69, 9.17) is 4.74 Å². The smallest absolute Gasteiger partial charge is 0.319 e. The van der Waals surface area contributed by atoms with Gasteiger partial charge in [0.15, 0.2) is 0 Å². The molecule has 0 aliphatic rings. The summed E-state index contributed by atoms with van der Waals surface area (Å²) in [5.41, 5.74) is 1.02. The average Bonchev–Trinajstić information content (AvgIpc) is 2.58. The van der Waals surface area contributed by atoms with Gasteiger partial charge in [0, 0.05) is 44.6 Å². The highest BCUT2D eigenvalue weighted by Gasteiger charge is 2.15. The number of carbonyl (C=O) groups is 3. The first-order valence-corrected chi connectivity index (χ1v) is 8.52. The van der Waals surface area contributed by atoms with Gasteiger partial charge in [0.1, 0.15) is 0 Å². The number of methoxy groups -OCH3 is 1. The van der Waals surface area contributed by atoms with Gasteiger partial charge in [-0.3, -0.25) is 9.59 Å². The predicted octanol–water partition coefficient (Wildman–Crippen LogP) is 1.44. The fourth-order valence-electron chi connectivity index (χ4n) is 2.13. The van der Waals surface area contributed by atoms with Gasteiger partial charge in [-0.15, -0.1) is 0 Å². The number of ether oxygens (including phenoxy) is 1. The van der Waals surface area contributed by atoms with Crippen LogP contribution in [0.15, 0.2) is 24.3 Å².